The molecule has 0 heterocycles. The highest BCUT2D eigenvalue weighted by molar-refractivity contribution is 9.11. The molecular formula is C10H12Br2O2. The van der Waals surface area contributed by atoms with Crippen molar-refractivity contribution >= 4 is 31.9 Å². The first-order valence-corrected chi connectivity index (χ1v) is 5.78. The minimum atomic E-state index is -0.825. The van der Waals surface area contributed by atoms with Gasteiger partial charge in [0.2, 0.25) is 0 Å². The third-order valence-corrected chi connectivity index (χ3v) is 2.74. The maximum atomic E-state index is 9.51. The van der Waals surface area contributed by atoms with Crippen molar-refractivity contribution in [2.45, 2.75) is 19.4 Å². The first-order valence-electron chi connectivity index (χ1n) is 4.19. The molecule has 1 aromatic rings. The molecule has 0 amide bonds. The van der Waals surface area contributed by atoms with Gasteiger partial charge in [-0.25, -0.2) is 0 Å². The zero-order chi connectivity index (χ0) is 10.8. The predicted molar refractivity (Wildman–Crippen MR) is 63.6 cm³/mol. The van der Waals surface area contributed by atoms with E-state index in [0.717, 1.165) is 14.7 Å². The first kappa shape index (κ1) is 12.0. The fourth-order valence-corrected chi connectivity index (χ4v) is 2.10. The van der Waals surface area contributed by atoms with Gasteiger partial charge in [-0.05, 0) is 57.8 Å². The summed E-state index contributed by atoms with van der Waals surface area (Å²) in [6, 6.07) is 5.69. The predicted octanol–water partition coefficient (Wildman–Crippen LogP) is 3.36. The lowest BCUT2D eigenvalue weighted by molar-refractivity contribution is 0.0279. The summed E-state index contributed by atoms with van der Waals surface area (Å²) < 4.78 is 7.23. The van der Waals surface area contributed by atoms with Crippen LogP contribution >= 0.6 is 31.9 Å². The molecule has 0 fully saturated rings. The van der Waals surface area contributed by atoms with E-state index in [4.69, 9.17) is 4.74 Å². The number of halogens is 2. The number of hydrogen-bond acceptors (Lipinski definition) is 2. The standard InChI is InChI=1S/C10H12Br2O2/c1-10(2,13)6-14-9-7(11)4-3-5-8(9)12/h3-5,13H,6H2,1-2H3. The van der Waals surface area contributed by atoms with E-state index < -0.39 is 5.60 Å². The van der Waals surface area contributed by atoms with Gasteiger partial charge in [0.25, 0.3) is 0 Å². The molecule has 0 atom stereocenters. The molecule has 0 aliphatic rings. The molecule has 4 heteroatoms. The molecule has 0 saturated carbocycles. The highest BCUT2D eigenvalue weighted by atomic mass is 79.9. The van der Waals surface area contributed by atoms with E-state index >= 15 is 0 Å². The molecule has 0 bridgehead atoms. The molecule has 2 nitrogen and oxygen atoms in total. The van der Waals surface area contributed by atoms with Crippen molar-refractivity contribution < 1.29 is 9.84 Å². The van der Waals surface area contributed by atoms with Gasteiger partial charge in [0.05, 0.1) is 14.5 Å². The van der Waals surface area contributed by atoms with Gasteiger partial charge >= 0.3 is 0 Å². The van der Waals surface area contributed by atoms with Crippen LogP contribution in [0.15, 0.2) is 27.1 Å². The zero-order valence-corrected chi connectivity index (χ0v) is 11.2. The van der Waals surface area contributed by atoms with Crippen molar-refractivity contribution in [1.82, 2.24) is 0 Å². The van der Waals surface area contributed by atoms with E-state index in [1.165, 1.54) is 0 Å². The molecule has 0 aliphatic carbocycles. The molecule has 78 valence electrons. The van der Waals surface area contributed by atoms with Crippen molar-refractivity contribution in [2.75, 3.05) is 6.61 Å². The van der Waals surface area contributed by atoms with E-state index in [2.05, 4.69) is 31.9 Å². The van der Waals surface area contributed by atoms with E-state index in [-0.39, 0.29) is 6.61 Å². The van der Waals surface area contributed by atoms with Crippen LogP contribution in [-0.4, -0.2) is 17.3 Å². The minimum Gasteiger partial charge on any atom is -0.488 e. The number of rotatable bonds is 3. The Kier molecular flexibility index (Phi) is 3.98. The third-order valence-electron chi connectivity index (χ3n) is 1.49. The van der Waals surface area contributed by atoms with Crippen molar-refractivity contribution in [1.29, 1.82) is 0 Å². The maximum Gasteiger partial charge on any atom is 0.147 e. The lowest BCUT2D eigenvalue weighted by atomic mass is 10.2. The van der Waals surface area contributed by atoms with Gasteiger partial charge in [-0.2, -0.15) is 0 Å². The molecule has 0 unspecified atom stereocenters. The van der Waals surface area contributed by atoms with Gasteiger partial charge < -0.3 is 9.84 Å². The second-order valence-electron chi connectivity index (χ2n) is 3.65. The van der Waals surface area contributed by atoms with Gasteiger partial charge in [-0.1, -0.05) is 6.07 Å². The molecule has 0 saturated heterocycles. The Morgan fingerprint density at radius 1 is 1.29 bits per heavy atom. The molecular weight excluding hydrogens is 312 g/mol. The summed E-state index contributed by atoms with van der Waals surface area (Å²) in [6.45, 7) is 3.67. The number of benzene rings is 1. The van der Waals surface area contributed by atoms with Gasteiger partial charge in [-0.3, -0.25) is 0 Å². The summed E-state index contributed by atoms with van der Waals surface area (Å²) in [6.07, 6.45) is 0. The van der Waals surface area contributed by atoms with Gasteiger partial charge in [-0.15, -0.1) is 0 Å². The summed E-state index contributed by atoms with van der Waals surface area (Å²) in [4.78, 5) is 0. The van der Waals surface area contributed by atoms with E-state index in [1.807, 2.05) is 18.2 Å². The second-order valence-corrected chi connectivity index (χ2v) is 5.36. The topological polar surface area (TPSA) is 29.5 Å². The summed E-state index contributed by atoms with van der Waals surface area (Å²) in [5.41, 5.74) is -0.825. The van der Waals surface area contributed by atoms with E-state index in [0.29, 0.717) is 0 Å². The molecule has 0 radical (unpaired) electrons. The molecule has 1 aromatic carbocycles. The van der Waals surface area contributed by atoms with E-state index in [9.17, 15) is 5.11 Å². The molecule has 14 heavy (non-hydrogen) atoms. The summed E-state index contributed by atoms with van der Waals surface area (Å²) >= 11 is 6.76. The lowest BCUT2D eigenvalue weighted by Gasteiger charge is -2.19. The van der Waals surface area contributed by atoms with Crippen LogP contribution in [0.5, 0.6) is 5.75 Å². The van der Waals surface area contributed by atoms with Gasteiger partial charge in [0.15, 0.2) is 0 Å². The maximum absolute atomic E-state index is 9.51. The normalized spacial score (nSPS) is 11.5. The Morgan fingerprint density at radius 3 is 2.21 bits per heavy atom. The fraction of sp³-hybridized carbons (Fsp3) is 0.400. The Bertz CT molecular complexity index is 298. The van der Waals surface area contributed by atoms with Crippen LogP contribution in [0, 0.1) is 0 Å². The van der Waals surface area contributed by atoms with Gasteiger partial charge in [0.1, 0.15) is 12.4 Å². The SMILES string of the molecule is CC(C)(O)COc1c(Br)cccc1Br. The van der Waals surface area contributed by atoms with Crippen molar-refractivity contribution in [3.8, 4) is 5.75 Å². The summed E-state index contributed by atoms with van der Waals surface area (Å²) in [7, 11) is 0. The monoisotopic (exact) mass is 322 g/mol. The molecule has 0 aliphatic heterocycles. The number of para-hydroxylation sites is 1. The Labute approximate surface area is 101 Å². The minimum absolute atomic E-state index is 0.258. The second kappa shape index (κ2) is 4.64. The first-order chi connectivity index (χ1) is 6.40. The van der Waals surface area contributed by atoms with Crippen LogP contribution in [0.1, 0.15) is 13.8 Å². The van der Waals surface area contributed by atoms with Crippen molar-refractivity contribution in [3.05, 3.63) is 27.1 Å². The average Bonchev–Trinajstić information content (AvgIpc) is 2.01. The van der Waals surface area contributed by atoms with E-state index in [1.54, 1.807) is 13.8 Å². The number of ether oxygens (including phenoxy) is 1. The van der Waals surface area contributed by atoms with Crippen molar-refractivity contribution in [2.24, 2.45) is 0 Å². The average molecular weight is 324 g/mol. The van der Waals surface area contributed by atoms with Crippen LogP contribution in [0.2, 0.25) is 0 Å². The summed E-state index contributed by atoms with van der Waals surface area (Å²) in [5.74, 6) is 0.717. The third kappa shape index (κ3) is 3.59. The van der Waals surface area contributed by atoms with Crippen LogP contribution in [-0.2, 0) is 0 Å². The molecule has 0 spiro atoms. The Hall–Kier alpha value is -0.0600. The highest BCUT2D eigenvalue weighted by Crippen LogP contribution is 2.33. The largest absolute Gasteiger partial charge is 0.488 e. The zero-order valence-electron chi connectivity index (χ0n) is 8.05. The van der Waals surface area contributed by atoms with Crippen LogP contribution < -0.4 is 4.74 Å². The van der Waals surface area contributed by atoms with Gasteiger partial charge in [0, 0.05) is 0 Å². The van der Waals surface area contributed by atoms with Crippen LogP contribution in [0.3, 0.4) is 0 Å². The van der Waals surface area contributed by atoms with Crippen molar-refractivity contribution in [3.63, 3.8) is 0 Å². The molecule has 1 rings (SSSR count). The molecule has 0 aromatic heterocycles. The summed E-state index contributed by atoms with van der Waals surface area (Å²) in [5, 5.41) is 9.51. The van der Waals surface area contributed by atoms with Crippen LogP contribution in [0.4, 0.5) is 0 Å². The lowest BCUT2D eigenvalue weighted by Crippen LogP contribution is -2.28. The molecule has 1 N–H and O–H groups in total. The Morgan fingerprint density at radius 2 is 1.79 bits per heavy atom. The highest BCUT2D eigenvalue weighted by Gasteiger charge is 2.15. The number of hydrogen-bond donors (Lipinski definition) is 1. The quantitative estimate of drug-likeness (QED) is 0.924. The Balaban J connectivity index is 2.77. The fourth-order valence-electron chi connectivity index (χ4n) is 0.869. The van der Waals surface area contributed by atoms with Crippen LogP contribution in [0.25, 0.3) is 0 Å². The smallest absolute Gasteiger partial charge is 0.147 e. The number of aliphatic hydroxyl groups is 1.